The fraction of sp³-hybridized carbons (Fsp3) is 0.0769. The van der Waals surface area contributed by atoms with E-state index >= 15 is 0 Å². The highest BCUT2D eigenvalue weighted by Crippen LogP contribution is 2.19. The number of ether oxygens (including phenoxy) is 1. The standard InChI is InChI=1S/C13H10N4O2/c1-19-13(18)10-3-2-8-17-11(15-16-12(10)17)9-4-6-14-7-5-9/h2-8H,1H3. The highest BCUT2D eigenvalue weighted by atomic mass is 16.5. The third-order valence-corrected chi connectivity index (χ3v) is 2.78. The van der Waals surface area contributed by atoms with Crippen LogP contribution in [-0.2, 0) is 4.74 Å². The van der Waals surface area contributed by atoms with E-state index in [1.54, 1.807) is 35.1 Å². The Kier molecular flexibility index (Phi) is 2.68. The van der Waals surface area contributed by atoms with Crippen LogP contribution in [0.25, 0.3) is 17.0 Å². The molecular formula is C13H10N4O2. The lowest BCUT2D eigenvalue weighted by atomic mass is 10.2. The highest BCUT2D eigenvalue weighted by Gasteiger charge is 2.15. The lowest BCUT2D eigenvalue weighted by Gasteiger charge is -2.02. The summed E-state index contributed by atoms with van der Waals surface area (Å²) in [5.41, 5.74) is 1.74. The van der Waals surface area contributed by atoms with Crippen molar-refractivity contribution >= 4 is 11.6 Å². The molecule has 0 atom stereocenters. The molecule has 3 heterocycles. The Morgan fingerprint density at radius 3 is 2.74 bits per heavy atom. The molecule has 0 saturated heterocycles. The summed E-state index contributed by atoms with van der Waals surface area (Å²) < 4.78 is 6.48. The summed E-state index contributed by atoms with van der Waals surface area (Å²) in [5.74, 6) is 0.224. The summed E-state index contributed by atoms with van der Waals surface area (Å²) in [4.78, 5) is 15.6. The fourth-order valence-corrected chi connectivity index (χ4v) is 1.88. The van der Waals surface area contributed by atoms with Gasteiger partial charge in [-0.25, -0.2) is 4.79 Å². The van der Waals surface area contributed by atoms with Gasteiger partial charge in [0.25, 0.3) is 0 Å². The van der Waals surface area contributed by atoms with Gasteiger partial charge in [-0.15, -0.1) is 10.2 Å². The van der Waals surface area contributed by atoms with E-state index in [2.05, 4.69) is 15.2 Å². The molecule has 94 valence electrons. The first kappa shape index (κ1) is 11.3. The number of rotatable bonds is 2. The zero-order valence-electron chi connectivity index (χ0n) is 10.1. The third kappa shape index (κ3) is 1.83. The first-order valence-corrected chi connectivity index (χ1v) is 5.63. The topological polar surface area (TPSA) is 69.4 Å². The fourth-order valence-electron chi connectivity index (χ4n) is 1.88. The van der Waals surface area contributed by atoms with E-state index in [4.69, 9.17) is 4.74 Å². The van der Waals surface area contributed by atoms with Gasteiger partial charge >= 0.3 is 5.97 Å². The van der Waals surface area contributed by atoms with Crippen LogP contribution >= 0.6 is 0 Å². The minimum absolute atomic E-state index is 0.387. The molecule has 0 unspecified atom stereocenters. The molecule has 0 aliphatic heterocycles. The van der Waals surface area contributed by atoms with Gasteiger partial charge in [-0.3, -0.25) is 9.38 Å². The molecule has 6 nitrogen and oxygen atoms in total. The predicted molar refractivity (Wildman–Crippen MR) is 67.6 cm³/mol. The van der Waals surface area contributed by atoms with E-state index in [9.17, 15) is 4.79 Å². The summed E-state index contributed by atoms with van der Waals surface area (Å²) in [6.07, 6.45) is 5.17. The van der Waals surface area contributed by atoms with Gasteiger partial charge in [-0.1, -0.05) is 0 Å². The number of pyridine rings is 2. The van der Waals surface area contributed by atoms with Crippen LogP contribution in [0.1, 0.15) is 10.4 Å². The van der Waals surface area contributed by atoms with Gasteiger partial charge in [0.15, 0.2) is 11.5 Å². The smallest absolute Gasteiger partial charge is 0.341 e. The molecule has 0 spiro atoms. The lowest BCUT2D eigenvalue weighted by Crippen LogP contribution is -2.04. The molecule has 3 rings (SSSR count). The molecule has 0 bridgehead atoms. The van der Waals surface area contributed by atoms with Gasteiger partial charge in [-0.2, -0.15) is 0 Å². The monoisotopic (exact) mass is 254 g/mol. The zero-order valence-corrected chi connectivity index (χ0v) is 10.1. The van der Waals surface area contributed by atoms with Crippen molar-refractivity contribution in [2.24, 2.45) is 0 Å². The average molecular weight is 254 g/mol. The second-order valence-corrected chi connectivity index (χ2v) is 3.87. The summed E-state index contributed by atoms with van der Waals surface area (Å²) in [6.45, 7) is 0. The number of fused-ring (bicyclic) bond motifs is 1. The molecule has 3 aromatic heterocycles. The van der Waals surface area contributed by atoms with Crippen LogP contribution in [0.15, 0.2) is 42.9 Å². The first-order chi connectivity index (χ1) is 9.31. The summed E-state index contributed by atoms with van der Waals surface area (Å²) in [7, 11) is 1.34. The van der Waals surface area contributed by atoms with Crippen molar-refractivity contribution < 1.29 is 9.53 Å². The maximum Gasteiger partial charge on any atom is 0.341 e. The van der Waals surface area contributed by atoms with Crippen molar-refractivity contribution in [1.29, 1.82) is 0 Å². The Bertz CT molecular complexity index is 737. The van der Waals surface area contributed by atoms with Crippen molar-refractivity contribution in [2.75, 3.05) is 7.11 Å². The van der Waals surface area contributed by atoms with Gasteiger partial charge < -0.3 is 4.74 Å². The molecule has 0 aliphatic carbocycles. The van der Waals surface area contributed by atoms with Gasteiger partial charge in [0, 0.05) is 24.2 Å². The first-order valence-electron chi connectivity index (χ1n) is 5.63. The van der Waals surface area contributed by atoms with E-state index in [0.717, 1.165) is 5.56 Å². The summed E-state index contributed by atoms with van der Waals surface area (Å²) in [6, 6.07) is 7.09. The minimum atomic E-state index is -0.431. The molecule has 0 N–H and O–H groups in total. The number of hydrogen-bond acceptors (Lipinski definition) is 5. The van der Waals surface area contributed by atoms with Gasteiger partial charge in [-0.05, 0) is 24.3 Å². The SMILES string of the molecule is COC(=O)c1cccn2c(-c3ccncc3)nnc12. The molecular weight excluding hydrogens is 244 g/mol. The van der Waals surface area contributed by atoms with E-state index in [1.165, 1.54) is 7.11 Å². The predicted octanol–water partition coefficient (Wildman–Crippen LogP) is 1.58. The second-order valence-electron chi connectivity index (χ2n) is 3.87. The zero-order chi connectivity index (χ0) is 13.2. The molecule has 0 radical (unpaired) electrons. The van der Waals surface area contributed by atoms with E-state index in [-0.39, 0.29) is 0 Å². The van der Waals surface area contributed by atoms with Crippen molar-refractivity contribution in [3.8, 4) is 11.4 Å². The van der Waals surface area contributed by atoms with Crippen molar-refractivity contribution in [2.45, 2.75) is 0 Å². The largest absolute Gasteiger partial charge is 0.465 e. The molecule has 6 heteroatoms. The van der Waals surface area contributed by atoms with Crippen LogP contribution < -0.4 is 0 Å². The molecule has 0 saturated carbocycles. The van der Waals surface area contributed by atoms with E-state index in [1.807, 2.05) is 12.1 Å². The quantitative estimate of drug-likeness (QED) is 0.649. The van der Waals surface area contributed by atoms with Crippen LogP contribution in [0.4, 0.5) is 0 Å². The van der Waals surface area contributed by atoms with Crippen LogP contribution in [0.5, 0.6) is 0 Å². The second kappa shape index (κ2) is 4.49. The molecule has 19 heavy (non-hydrogen) atoms. The van der Waals surface area contributed by atoms with Crippen LogP contribution in [-0.4, -0.2) is 32.7 Å². The molecule has 0 aromatic carbocycles. The number of esters is 1. The Hall–Kier alpha value is -2.76. The van der Waals surface area contributed by atoms with Crippen LogP contribution in [0.3, 0.4) is 0 Å². The van der Waals surface area contributed by atoms with Gasteiger partial charge in [0.1, 0.15) is 5.56 Å². The minimum Gasteiger partial charge on any atom is -0.465 e. The van der Waals surface area contributed by atoms with E-state index in [0.29, 0.717) is 17.0 Å². The normalized spacial score (nSPS) is 10.6. The molecule has 0 amide bonds. The molecule has 0 fully saturated rings. The van der Waals surface area contributed by atoms with Gasteiger partial charge in [0.2, 0.25) is 0 Å². The van der Waals surface area contributed by atoms with Crippen LogP contribution in [0, 0.1) is 0 Å². The molecule has 0 aliphatic rings. The van der Waals surface area contributed by atoms with Crippen molar-refractivity contribution in [3.63, 3.8) is 0 Å². The average Bonchev–Trinajstić information content (AvgIpc) is 2.91. The van der Waals surface area contributed by atoms with Gasteiger partial charge in [0.05, 0.1) is 7.11 Å². The summed E-state index contributed by atoms with van der Waals surface area (Å²) >= 11 is 0. The number of methoxy groups -OCH3 is 1. The third-order valence-electron chi connectivity index (χ3n) is 2.78. The Labute approximate surface area is 108 Å². The van der Waals surface area contributed by atoms with Crippen molar-refractivity contribution in [1.82, 2.24) is 19.6 Å². The maximum absolute atomic E-state index is 11.7. The highest BCUT2D eigenvalue weighted by molar-refractivity contribution is 5.95. The molecule has 3 aromatic rings. The maximum atomic E-state index is 11.7. The Morgan fingerprint density at radius 1 is 1.21 bits per heavy atom. The lowest BCUT2D eigenvalue weighted by molar-refractivity contribution is 0.0602. The Balaban J connectivity index is 2.23. The Morgan fingerprint density at radius 2 is 2.00 bits per heavy atom. The van der Waals surface area contributed by atoms with E-state index < -0.39 is 5.97 Å². The summed E-state index contributed by atoms with van der Waals surface area (Å²) in [5, 5.41) is 8.18. The number of carbonyl (C=O) groups excluding carboxylic acids is 1. The van der Waals surface area contributed by atoms with Crippen molar-refractivity contribution in [3.05, 3.63) is 48.4 Å². The number of carbonyl (C=O) groups is 1. The number of hydrogen-bond donors (Lipinski definition) is 0. The van der Waals surface area contributed by atoms with Crippen LogP contribution in [0.2, 0.25) is 0 Å². The number of aromatic nitrogens is 4. The number of nitrogens with zero attached hydrogens (tertiary/aromatic N) is 4.